The predicted molar refractivity (Wildman–Crippen MR) is 82.3 cm³/mol. The number of esters is 1. The number of hydrogen-bond acceptors (Lipinski definition) is 4. The van der Waals surface area contributed by atoms with E-state index in [-0.39, 0.29) is 30.8 Å². The van der Waals surface area contributed by atoms with Gasteiger partial charge in [0.1, 0.15) is 12.3 Å². The summed E-state index contributed by atoms with van der Waals surface area (Å²) in [7, 11) is 0. The van der Waals surface area contributed by atoms with Crippen LogP contribution in [0, 0.1) is 0 Å². The summed E-state index contributed by atoms with van der Waals surface area (Å²) in [6.07, 6.45) is 0. The zero-order chi connectivity index (χ0) is 16.0. The standard InChI is InChI=1S/C16H24N2O3/c1-10(2)12-6-5-7-13(11(3)4)16(12)21-15(20)9-18-14(19)8-17/h5-7,10-11H,8-9,17H2,1-4H3,(H,18,19). The van der Waals surface area contributed by atoms with Crippen molar-refractivity contribution in [3.05, 3.63) is 29.3 Å². The lowest BCUT2D eigenvalue weighted by atomic mass is 9.94. The summed E-state index contributed by atoms with van der Waals surface area (Å²) in [6.45, 7) is 7.87. The lowest BCUT2D eigenvalue weighted by Gasteiger charge is -2.19. The Bertz CT molecular complexity index is 484. The number of benzene rings is 1. The molecule has 0 spiro atoms. The summed E-state index contributed by atoms with van der Waals surface area (Å²) in [5, 5.41) is 2.41. The van der Waals surface area contributed by atoms with Gasteiger partial charge in [0.2, 0.25) is 5.91 Å². The first kappa shape index (κ1) is 17.2. The van der Waals surface area contributed by atoms with Gasteiger partial charge in [-0.15, -0.1) is 0 Å². The molecule has 0 aromatic heterocycles. The number of carbonyl (C=O) groups excluding carboxylic acids is 2. The molecular weight excluding hydrogens is 268 g/mol. The van der Waals surface area contributed by atoms with Crippen LogP contribution in [0.4, 0.5) is 0 Å². The highest BCUT2D eigenvalue weighted by atomic mass is 16.5. The first-order valence-electron chi connectivity index (χ1n) is 7.17. The molecule has 0 aliphatic rings. The van der Waals surface area contributed by atoms with E-state index in [4.69, 9.17) is 10.5 Å². The minimum absolute atomic E-state index is 0.146. The Morgan fingerprint density at radius 1 is 1.14 bits per heavy atom. The molecule has 0 bridgehead atoms. The van der Waals surface area contributed by atoms with Crippen LogP contribution in [0.1, 0.15) is 50.7 Å². The van der Waals surface area contributed by atoms with Crippen LogP contribution < -0.4 is 15.8 Å². The number of para-hydroxylation sites is 1. The van der Waals surface area contributed by atoms with E-state index in [1.54, 1.807) is 0 Å². The number of hydrogen-bond donors (Lipinski definition) is 2. The third-order valence-electron chi connectivity index (χ3n) is 3.15. The number of nitrogens with two attached hydrogens (primary N) is 1. The summed E-state index contributed by atoms with van der Waals surface area (Å²) in [4.78, 5) is 23.0. The van der Waals surface area contributed by atoms with Crippen molar-refractivity contribution in [3.63, 3.8) is 0 Å². The molecule has 0 aliphatic heterocycles. The van der Waals surface area contributed by atoms with Gasteiger partial charge in [0.25, 0.3) is 0 Å². The van der Waals surface area contributed by atoms with Gasteiger partial charge in [-0.05, 0) is 23.0 Å². The molecule has 5 heteroatoms. The van der Waals surface area contributed by atoms with E-state index in [2.05, 4.69) is 5.32 Å². The van der Waals surface area contributed by atoms with Crippen LogP contribution in [-0.2, 0) is 9.59 Å². The molecule has 116 valence electrons. The number of nitrogens with one attached hydrogen (secondary N) is 1. The second-order valence-corrected chi connectivity index (χ2v) is 5.53. The van der Waals surface area contributed by atoms with Gasteiger partial charge in [-0.1, -0.05) is 45.9 Å². The third-order valence-corrected chi connectivity index (χ3v) is 3.15. The van der Waals surface area contributed by atoms with Crippen LogP contribution in [0.2, 0.25) is 0 Å². The Labute approximate surface area is 125 Å². The van der Waals surface area contributed by atoms with Gasteiger partial charge in [0.05, 0.1) is 6.54 Å². The van der Waals surface area contributed by atoms with E-state index in [1.165, 1.54) is 0 Å². The Morgan fingerprint density at radius 3 is 2.10 bits per heavy atom. The molecule has 0 aliphatic carbocycles. The highest BCUT2D eigenvalue weighted by Crippen LogP contribution is 2.34. The van der Waals surface area contributed by atoms with Crippen LogP contribution >= 0.6 is 0 Å². The van der Waals surface area contributed by atoms with Crippen LogP contribution in [0.3, 0.4) is 0 Å². The molecule has 1 rings (SSSR count). The Balaban J connectivity index is 2.94. The highest BCUT2D eigenvalue weighted by molar-refractivity contribution is 5.84. The molecule has 1 aromatic carbocycles. The van der Waals surface area contributed by atoms with Crippen molar-refractivity contribution >= 4 is 11.9 Å². The monoisotopic (exact) mass is 292 g/mol. The van der Waals surface area contributed by atoms with E-state index in [0.29, 0.717) is 5.75 Å². The van der Waals surface area contributed by atoms with Crippen molar-refractivity contribution in [1.82, 2.24) is 5.32 Å². The SMILES string of the molecule is CC(C)c1cccc(C(C)C)c1OC(=O)CNC(=O)CN. The lowest BCUT2D eigenvalue weighted by Crippen LogP contribution is -2.36. The smallest absolute Gasteiger partial charge is 0.330 e. The van der Waals surface area contributed by atoms with Gasteiger partial charge in [-0.3, -0.25) is 4.79 Å². The largest absolute Gasteiger partial charge is 0.425 e. The Hall–Kier alpha value is -1.88. The van der Waals surface area contributed by atoms with Gasteiger partial charge in [0.15, 0.2) is 0 Å². The van der Waals surface area contributed by atoms with Crippen molar-refractivity contribution in [2.45, 2.75) is 39.5 Å². The minimum Gasteiger partial charge on any atom is -0.425 e. The molecule has 1 amide bonds. The van der Waals surface area contributed by atoms with Gasteiger partial charge < -0.3 is 15.8 Å². The molecule has 0 radical (unpaired) electrons. The molecule has 5 nitrogen and oxygen atoms in total. The zero-order valence-electron chi connectivity index (χ0n) is 13.1. The summed E-state index contributed by atoms with van der Waals surface area (Å²) in [5.74, 6) is 0.213. The van der Waals surface area contributed by atoms with Crippen molar-refractivity contribution in [1.29, 1.82) is 0 Å². The normalized spacial score (nSPS) is 10.8. The van der Waals surface area contributed by atoms with E-state index in [1.807, 2.05) is 45.9 Å². The summed E-state index contributed by atoms with van der Waals surface area (Å²) in [5.41, 5.74) is 7.15. The molecule has 0 fully saturated rings. The molecule has 0 unspecified atom stereocenters. The fourth-order valence-electron chi connectivity index (χ4n) is 1.99. The van der Waals surface area contributed by atoms with E-state index in [0.717, 1.165) is 11.1 Å². The summed E-state index contributed by atoms with van der Waals surface area (Å²) >= 11 is 0. The first-order valence-corrected chi connectivity index (χ1v) is 7.17. The Morgan fingerprint density at radius 2 is 1.67 bits per heavy atom. The number of rotatable bonds is 6. The maximum Gasteiger partial charge on any atom is 0.330 e. The fourth-order valence-corrected chi connectivity index (χ4v) is 1.99. The molecule has 0 atom stereocenters. The van der Waals surface area contributed by atoms with Crippen LogP contribution in [0.5, 0.6) is 5.75 Å². The quantitative estimate of drug-likeness (QED) is 0.620. The van der Waals surface area contributed by atoms with E-state index >= 15 is 0 Å². The maximum atomic E-state index is 11.9. The lowest BCUT2D eigenvalue weighted by molar-refractivity contribution is -0.135. The molecule has 3 N–H and O–H groups in total. The van der Waals surface area contributed by atoms with Crippen molar-refractivity contribution in [2.24, 2.45) is 5.73 Å². The molecule has 0 saturated heterocycles. The van der Waals surface area contributed by atoms with Gasteiger partial charge in [0, 0.05) is 0 Å². The first-order chi connectivity index (χ1) is 9.86. The molecule has 1 aromatic rings. The van der Waals surface area contributed by atoms with Crippen LogP contribution in [0.25, 0.3) is 0 Å². The summed E-state index contributed by atoms with van der Waals surface area (Å²) in [6, 6.07) is 5.88. The topological polar surface area (TPSA) is 81.4 Å². The zero-order valence-corrected chi connectivity index (χ0v) is 13.1. The van der Waals surface area contributed by atoms with Crippen molar-refractivity contribution < 1.29 is 14.3 Å². The second kappa shape index (κ2) is 7.78. The van der Waals surface area contributed by atoms with E-state index < -0.39 is 5.97 Å². The number of ether oxygens (including phenoxy) is 1. The molecular formula is C16H24N2O3. The van der Waals surface area contributed by atoms with Gasteiger partial charge in [-0.25, -0.2) is 4.79 Å². The summed E-state index contributed by atoms with van der Waals surface area (Å²) < 4.78 is 5.50. The van der Waals surface area contributed by atoms with Crippen molar-refractivity contribution in [3.8, 4) is 5.75 Å². The highest BCUT2D eigenvalue weighted by Gasteiger charge is 2.18. The molecule has 0 heterocycles. The van der Waals surface area contributed by atoms with Crippen LogP contribution in [-0.4, -0.2) is 25.0 Å². The van der Waals surface area contributed by atoms with Gasteiger partial charge >= 0.3 is 5.97 Å². The average Bonchev–Trinajstić information content (AvgIpc) is 2.44. The molecule has 21 heavy (non-hydrogen) atoms. The average molecular weight is 292 g/mol. The van der Waals surface area contributed by atoms with Crippen LogP contribution in [0.15, 0.2) is 18.2 Å². The number of amides is 1. The minimum atomic E-state index is -0.494. The van der Waals surface area contributed by atoms with Gasteiger partial charge in [-0.2, -0.15) is 0 Å². The number of carbonyl (C=O) groups is 2. The Kier molecular flexibility index (Phi) is 6.37. The maximum absolute atomic E-state index is 11.9. The second-order valence-electron chi connectivity index (χ2n) is 5.53. The predicted octanol–water partition coefficient (Wildman–Crippen LogP) is 1.91. The van der Waals surface area contributed by atoms with Crippen molar-refractivity contribution in [2.75, 3.05) is 13.1 Å². The fraction of sp³-hybridized carbons (Fsp3) is 0.500. The van der Waals surface area contributed by atoms with E-state index in [9.17, 15) is 9.59 Å². The third kappa shape index (κ3) is 4.86. The molecule has 0 saturated carbocycles.